The van der Waals surface area contributed by atoms with E-state index in [2.05, 4.69) is 11.3 Å². The van der Waals surface area contributed by atoms with Crippen molar-refractivity contribution < 1.29 is 18.7 Å². The highest BCUT2D eigenvalue weighted by Gasteiger charge is 2.06. The maximum absolute atomic E-state index is 10.9. The van der Waals surface area contributed by atoms with E-state index in [1.807, 2.05) is 0 Å². The van der Waals surface area contributed by atoms with Crippen LogP contribution < -0.4 is 0 Å². The monoisotopic (exact) mass is 196 g/mol. The summed E-state index contributed by atoms with van der Waals surface area (Å²) in [5, 5.41) is 0. The first-order valence-electron chi connectivity index (χ1n) is 4.25. The van der Waals surface area contributed by atoms with Crippen LogP contribution in [-0.2, 0) is 14.3 Å². The maximum atomic E-state index is 10.9. The van der Waals surface area contributed by atoms with Crippen molar-refractivity contribution in [2.75, 3.05) is 13.2 Å². The second-order valence-corrected chi connectivity index (χ2v) is 2.49. The molecule has 0 unspecified atom stereocenters. The molecule has 1 aromatic heterocycles. The minimum Gasteiger partial charge on any atom is -0.479 e. The molecule has 0 bridgehead atoms. The van der Waals surface area contributed by atoms with Crippen LogP contribution in [0.15, 0.2) is 29.4 Å². The zero-order chi connectivity index (χ0) is 10.4. The summed E-state index contributed by atoms with van der Waals surface area (Å²) in [5.41, 5.74) is 0. The minimum absolute atomic E-state index is 0.145. The van der Waals surface area contributed by atoms with Gasteiger partial charge in [-0.25, -0.2) is 4.79 Å². The van der Waals surface area contributed by atoms with E-state index in [0.29, 0.717) is 18.1 Å². The van der Waals surface area contributed by atoms with E-state index >= 15 is 0 Å². The van der Waals surface area contributed by atoms with Crippen LogP contribution in [-0.4, -0.2) is 19.2 Å². The molecule has 1 rings (SSSR count). The molecule has 0 aliphatic carbocycles. The summed E-state index contributed by atoms with van der Waals surface area (Å²) in [6.45, 7) is 5.54. The van der Waals surface area contributed by atoms with Gasteiger partial charge in [-0.15, -0.1) is 0 Å². The van der Waals surface area contributed by atoms with Crippen molar-refractivity contribution in [3.8, 4) is 0 Å². The lowest BCUT2D eigenvalue weighted by atomic mass is 10.4. The highest BCUT2D eigenvalue weighted by molar-refractivity contribution is 5.71. The Kier molecular flexibility index (Phi) is 3.79. The standard InChI is InChI=1S/C10H12O4/c1-3-12-10(11)7-14-8(2)9-5-4-6-13-9/h4-6H,2-3,7H2,1H3. The molecule has 0 fully saturated rings. The van der Waals surface area contributed by atoms with Gasteiger partial charge in [-0.3, -0.25) is 0 Å². The molecule has 0 saturated heterocycles. The van der Waals surface area contributed by atoms with Gasteiger partial charge in [0.05, 0.1) is 12.9 Å². The van der Waals surface area contributed by atoms with Crippen molar-refractivity contribution in [2.24, 2.45) is 0 Å². The Balaban J connectivity index is 2.32. The van der Waals surface area contributed by atoms with Gasteiger partial charge in [-0.05, 0) is 19.1 Å². The largest absolute Gasteiger partial charge is 0.479 e. The van der Waals surface area contributed by atoms with Gasteiger partial charge in [0, 0.05) is 0 Å². The number of hydrogen-bond acceptors (Lipinski definition) is 4. The zero-order valence-corrected chi connectivity index (χ0v) is 7.99. The third-order valence-electron chi connectivity index (χ3n) is 1.47. The normalized spacial score (nSPS) is 9.50. The van der Waals surface area contributed by atoms with Gasteiger partial charge >= 0.3 is 5.97 Å². The molecule has 0 aliphatic heterocycles. The topological polar surface area (TPSA) is 48.7 Å². The molecule has 4 nitrogen and oxygen atoms in total. The van der Waals surface area contributed by atoms with Crippen LogP contribution in [0.4, 0.5) is 0 Å². The number of carbonyl (C=O) groups is 1. The Hall–Kier alpha value is -1.71. The average molecular weight is 196 g/mol. The molecule has 1 heterocycles. The van der Waals surface area contributed by atoms with Gasteiger partial charge in [-0.1, -0.05) is 6.58 Å². The van der Waals surface area contributed by atoms with E-state index in [0.717, 1.165) is 0 Å². The second kappa shape index (κ2) is 5.11. The number of rotatable bonds is 5. The van der Waals surface area contributed by atoms with E-state index in [-0.39, 0.29) is 6.61 Å². The summed E-state index contributed by atoms with van der Waals surface area (Å²) >= 11 is 0. The first-order valence-corrected chi connectivity index (χ1v) is 4.25. The Morgan fingerprint density at radius 3 is 2.93 bits per heavy atom. The number of esters is 1. The molecular formula is C10H12O4. The molecular weight excluding hydrogens is 184 g/mol. The lowest BCUT2D eigenvalue weighted by molar-refractivity contribution is -0.146. The van der Waals surface area contributed by atoms with Gasteiger partial charge in [-0.2, -0.15) is 0 Å². The molecule has 1 aromatic rings. The molecule has 76 valence electrons. The van der Waals surface area contributed by atoms with Gasteiger partial charge in [0.25, 0.3) is 0 Å². The highest BCUT2D eigenvalue weighted by atomic mass is 16.6. The average Bonchev–Trinajstić information content (AvgIpc) is 2.67. The van der Waals surface area contributed by atoms with Crippen molar-refractivity contribution >= 4 is 11.7 Å². The summed E-state index contributed by atoms with van der Waals surface area (Å²) in [4.78, 5) is 10.9. The van der Waals surface area contributed by atoms with Crippen LogP contribution in [0.5, 0.6) is 0 Å². The summed E-state index contributed by atoms with van der Waals surface area (Å²) in [5.74, 6) is 0.414. The summed E-state index contributed by atoms with van der Waals surface area (Å²) in [6, 6.07) is 3.42. The maximum Gasteiger partial charge on any atom is 0.344 e. The van der Waals surface area contributed by atoms with Crippen molar-refractivity contribution in [3.05, 3.63) is 30.7 Å². The van der Waals surface area contributed by atoms with E-state index in [1.54, 1.807) is 19.1 Å². The molecule has 0 N–H and O–H groups in total. The summed E-state index contributed by atoms with van der Waals surface area (Å²) < 4.78 is 14.7. The van der Waals surface area contributed by atoms with Crippen molar-refractivity contribution in [1.29, 1.82) is 0 Å². The Bertz CT molecular complexity index is 300. The van der Waals surface area contributed by atoms with Gasteiger partial charge < -0.3 is 13.9 Å². The molecule has 0 radical (unpaired) electrons. The minimum atomic E-state index is -0.416. The Morgan fingerprint density at radius 1 is 1.57 bits per heavy atom. The van der Waals surface area contributed by atoms with Crippen LogP contribution in [0, 0.1) is 0 Å². The fourth-order valence-electron chi connectivity index (χ4n) is 0.857. The summed E-state index contributed by atoms with van der Waals surface area (Å²) in [7, 11) is 0. The van der Waals surface area contributed by atoms with Crippen molar-refractivity contribution in [1.82, 2.24) is 0 Å². The first kappa shape index (κ1) is 10.4. The van der Waals surface area contributed by atoms with Gasteiger partial charge in [0.1, 0.15) is 0 Å². The third kappa shape index (κ3) is 2.97. The van der Waals surface area contributed by atoms with Crippen molar-refractivity contribution in [2.45, 2.75) is 6.92 Å². The number of ether oxygens (including phenoxy) is 2. The molecule has 4 heteroatoms. The SMILES string of the molecule is C=C(OCC(=O)OCC)c1ccco1. The zero-order valence-electron chi connectivity index (χ0n) is 7.99. The quantitative estimate of drug-likeness (QED) is 0.532. The van der Waals surface area contributed by atoms with E-state index in [1.165, 1.54) is 6.26 Å². The van der Waals surface area contributed by atoms with Crippen LogP contribution in [0.1, 0.15) is 12.7 Å². The lowest BCUT2D eigenvalue weighted by Crippen LogP contribution is -2.11. The van der Waals surface area contributed by atoms with Crippen molar-refractivity contribution in [3.63, 3.8) is 0 Å². The first-order chi connectivity index (χ1) is 6.74. The fourth-order valence-corrected chi connectivity index (χ4v) is 0.857. The summed E-state index contributed by atoms with van der Waals surface area (Å²) in [6.07, 6.45) is 1.51. The predicted octanol–water partition coefficient (Wildman–Crippen LogP) is 1.83. The van der Waals surface area contributed by atoms with Crippen LogP contribution in [0.2, 0.25) is 0 Å². The molecule has 0 aliphatic rings. The molecule has 14 heavy (non-hydrogen) atoms. The number of hydrogen-bond donors (Lipinski definition) is 0. The molecule has 0 aromatic carbocycles. The fraction of sp³-hybridized carbons (Fsp3) is 0.300. The molecule has 0 spiro atoms. The van der Waals surface area contributed by atoms with Crippen LogP contribution in [0.25, 0.3) is 5.76 Å². The van der Waals surface area contributed by atoms with E-state index in [9.17, 15) is 4.79 Å². The second-order valence-electron chi connectivity index (χ2n) is 2.49. The molecule has 0 atom stereocenters. The predicted molar refractivity (Wildman–Crippen MR) is 50.3 cm³/mol. The van der Waals surface area contributed by atoms with E-state index < -0.39 is 5.97 Å². The Labute approximate surface area is 82.1 Å². The Morgan fingerprint density at radius 2 is 2.36 bits per heavy atom. The smallest absolute Gasteiger partial charge is 0.344 e. The highest BCUT2D eigenvalue weighted by Crippen LogP contribution is 2.13. The van der Waals surface area contributed by atoms with Crippen LogP contribution in [0.3, 0.4) is 0 Å². The van der Waals surface area contributed by atoms with Gasteiger partial charge in [0.2, 0.25) is 0 Å². The van der Waals surface area contributed by atoms with Crippen LogP contribution >= 0.6 is 0 Å². The number of carbonyl (C=O) groups excluding carboxylic acids is 1. The van der Waals surface area contributed by atoms with Gasteiger partial charge in [0.15, 0.2) is 18.1 Å². The third-order valence-corrected chi connectivity index (χ3v) is 1.47. The molecule has 0 amide bonds. The van der Waals surface area contributed by atoms with E-state index in [4.69, 9.17) is 9.15 Å². The molecule has 0 saturated carbocycles. The lowest BCUT2D eigenvalue weighted by Gasteiger charge is -2.05. The number of furan rings is 1.